The summed E-state index contributed by atoms with van der Waals surface area (Å²) in [5, 5.41) is 7.22. The average molecular weight is 343 g/mol. The normalized spacial score (nSPS) is 15.9. The Labute approximate surface area is 147 Å². The Morgan fingerprint density at radius 3 is 2.76 bits per heavy atom. The van der Waals surface area contributed by atoms with Crippen molar-refractivity contribution in [2.75, 3.05) is 37.6 Å². The average Bonchev–Trinajstić information content (AvgIpc) is 3.13. The number of nitrogens with one attached hydrogen (secondary N) is 1. The Balaban J connectivity index is 1.42. The van der Waals surface area contributed by atoms with Gasteiger partial charge in [-0.15, -0.1) is 0 Å². The quantitative estimate of drug-likeness (QED) is 0.881. The standard InChI is InChI=1S/C17H25N7O/c1-14(13-24-7-3-5-20-24)12-19-17(25)23-10-8-22(9-11-23)16-4-6-18-15(2)21-16/h3-7,14H,8-13H2,1-2H3,(H,19,25). The molecule has 0 aromatic carbocycles. The second-order valence-electron chi connectivity index (χ2n) is 6.46. The zero-order valence-corrected chi connectivity index (χ0v) is 14.8. The number of nitrogens with zero attached hydrogens (tertiary/aromatic N) is 6. The highest BCUT2D eigenvalue weighted by Crippen LogP contribution is 2.13. The van der Waals surface area contributed by atoms with Gasteiger partial charge in [-0.05, 0) is 25.0 Å². The highest BCUT2D eigenvalue weighted by molar-refractivity contribution is 5.74. The van der Waals surface area contributed by atoms with Crippen LogP contribution in [0.2, 0.25) is 0 Å². The van der Waals surface area contributed by atoms with E-state index in [1.54, 1.807) is 12.4 Å². The van der Waals surface area contributed by atoms with Crippen molar-refractivity contribution in [2.45, 2.75) is 20.4 Å². The molecular formula is C17H25N7O. The minimum atomic E-state index is 0.00540. The van der Waals surface area contributed by atoms with Crippen LogP contribution >= 0.6 is 0 Å². The number of urea groups is 1. The molecule has 0 aliphatic carbocycles. The first-order valence-electron chi connectivity index (χ1n) is 8.66. The van der Waals surface area contributed by atoms with Gasteiger partial charge in [0.25, 0.3) is 0 Å². The molecule has 1 aliphatic rings. The van der Waals surface area contributed by atoms with Gasteiger partial charge in [-0.2, -0.15) is 5.10 Å². The molecule has 2 aromatic rings. The maximum Gasteiger partial charge on any atom is 0.317 e. The fourth-order valence-electron chi connectivity index (χ4n) is 2.92. The number of anilines is 1. The number of rotatable bonds is 5. The van der Waals surface area contributed by atoms with E-state index in [-0.39, 0.29) is 6.03 Å². The fraction of sp³-hybridized carbons (Fsp3) is 0.529. The van der Waals surface area contributed by atoms with E-state index in [2.05, 4.69) is 32.2 Å². The van der Waals surface area contributed by atoms with Gasteiger partial charge in [0.1, 0.15) is 11.6 Å². The van der Waals surface area contributed by atoms with Crippen LogP contribution < -0.4 is 10.2 Å². The van der Waals surface area contributed by atoms with Gasteiger partial charge >= 0.3 is 6.03 Å². The highest BCUT2D eigenvalue weighted by atomic mass is 16.2. The number of carbonyl (C=O) groups is 1. The van der Waals surface area contributed by atoms with Gasteiger partial charge in [-0.1, -0.05) is 6.92 Å². The van der Waals surface area contributed by atoms with E-state index in [9.17, 15) is 4.79 Å². The van der Waals surface area contributed by atoms with E-state index >= 15 is 0 Å². The van der Waals surface area contributed by atoms with Gasteiger partial charge in [0.05, 0.1) is 0 Å². The molecule has 8 heteroatoms. The van der Waals surface area contributed by atoms with Crippen LogP contribution in [0, 0.1) is 12.8 Å². The summed E-state index contributed by atoms with van der Waals surface area (Å²) in [6, 6.07) is 3.83. The van der Waals surface area contributed by atoms with Gasteiger partial charge in [-0.3, -0.25) is 4.68 Å². The molecule has 2 amide bonds. The largest absolute Gasteiger partial charge is 0.353 e. The first kappa shape index (κ1) is 17.2. The Hall–Kier alpha value is -2.64. The summed E-state index contributed by atoms with van der Waals surface area (Å²) >= 11 is 0. The zero-order chi connectivity index (χ0) is 17.6. The second kappa shape index (κ2) is 7.96. The summed E-state index contributed by atoms with van der Waals surface area (Å²) < 4.78 is 1.89. The molecule has 0 saturated carbocycles. The molecule has 1 N–H and O–H groups in total. The molecule has 8 nitrogen and oxygen atoms in total. The lowest BCUT2D eigenvalue weighted by Crippen LogP contribution is -2.52. The maximum absolute atomic E-state index is 12.4. The number of hydrogen-bond acceptors (Lipinski definition) is 5. The maximum atomic E-state index is 12.4. The molecule has 1 fully saturated rings. The van der Waals surface area contributed by atoms with Gasteiger partial charge in [0, 0.05) is 57.9 Å². The van der Waals surface area contributed by atoms with Crippen LogP contribution in [0.15, 0.2) is 30.7 Å². The van der Waals surface area contributed by atoms with E-state index in [1.807, 2.05) is 34.8 Å². The van der Waals surface area contributed by atoms with Gasteiger partial charge in [0.2, 0.25) is 0 Å². The number of aromatic nitrogens is 4. The van der Waals surface area contributed by atoms with Crippen molar-refractivity contribution < 1.29 is 4.79 Å². The molecule has 1 saturated heterocycles. The minimum absolute atomic E-state index is 0.00540. The van der Waals surface area contributed by atoms with Crippen molar-refractivity contribution in [1.82, 2.24) is 30.0 Å². The van der Waals surface area contributed by atoms with E-state index < -0.39 is 0 Å². The summed E-state index contributed by atoms with van der Waals surface area (Å²) in [6.07, 6.45) is 5.48. The molecule has 0 bridgehead atoms. The van der Waals surface area contributed by atoms with Gasteiger partial charge in [-0.25, -0.2) is 14.8 Å². The van der Waals surface area contributed by atoms with Crippen LogP contribution in [0.3, 0.4) is 0 Å². The second-order valence-corrected chi connectivity index (χ2v) is 6.46. The highest BCUT2D eigenvalue weighted by Gasteiger charge is 2.22. The van der Waals surface area contributed by atoms with Crippen LogP contribution in [0.1, 0.15) is 12.7 Å². The van der Waals surface area contributed by atoms with Crippen LogP contribution in [-0.2, 0) is 6.54 Å². The minimum Gasteiger partial charge on any atom is -0.353 e. The molecule has 2 aromatic heterocycles. The predicted octanol–water partition coefficient (Wildman–Crippen LogP) is 1.15. The van der Waals surface area contributed by atoms with Crippen molar-refractivity contribution in [3.8, 4) is 0 Å². The topological polar surface area (TPSA) is 79.2 Å². The predicted molar refractivity (Wildman–Crippen MR) is 95.3 cm³/mol. The van der Waals surface area contributed by atoms with Crippen LogP contribution in [-0.4, -0.2) is 63.4 Å². The Kier molecular flexibility index (Phi) is 5.47. The van der Waals surface area contributed by atoms with Crippen LogP contribution in [0.4, 0.5) is 10.6 Å². The number of amides is 2. The smallest absolute Gasteiger partial charge is 0.317 e. The Morgan fingerprint density at radius 1 is 1.28 bits per heavy atom. The summed E-state index contributed by atoms with van der Waals surface area (Å²) in [5.74, 6) is 2.03. The third-order valence-electron chi connectivity index (χ3n) is 4.31. The zero-order valence-electron chi connectivity index (χ0n) is 14.8. The van der Waals surface area contributed by atoms with Crippen molar-refractivity contribution in [1.29, 1.82) is 0 Å². The molecule has 25 heavy (non-hydrogen) atoms. The first-order chi connectivity index (χ1) is 12.1. The van der Waals surface area contributed by atoms with Gasteiger partial charge in [0.15, 0.2) is 0 Å². The number of piperazine rings is 1. The molecule has 1 aliphatic heterocycles. The third-order valence-corrected chi connectivity index (χ3v) is 4.31. The first-order valence-corrected chi connectivity index (χ1v) is 8.66. The summed E-state index contributed by atoms with van der Waals surface area (Å²) in [4.78, 5) is 25.0. The molecular weight excluding hydrogens is 318 g/mol. The summed E-state index contributed by atoms with van der Waals surface area (Å²) in [5.41, 5.74) is 0. The molecule has 0 radical (unpaired) electrons. The molecule has 0 spiro atoms. The number of hydrogen-bond donors (Lipinski definition) is 1. The van der Waals surface area contributed by atoms with E-state index in [0.717, 1.165) is 31.3 Å². The fourth-order valence-corrected chi connectivity index (χ4v) is 2.92. The van der Waals surface area contributed by atoms with Crippen LogP contribution in [0.5, 0.6) is 0 Å². The van der Waals surface area contributed by atoms with Crippen molar-refractivity contribution in [3.63, 3.8) is 0 Å². The van der Waals surface area contributed by atoms with Crippen molar-refractivity contribution >= 4 is 11.8 Å². The number of carbonyl (C=O) groups excluding carboxylic acids is 1. The SMILES string of the molecule is Cc1nccc(N2CCN(C(=O)NCC(C)Cn3cccn3)CC2)n1. The van der Waals surface area contributed by atoms with Gasteiger partial charge < -0.3 is 15.1 Å². The summed E-state index contributed by atoms with van der Waals surface area (Å²) in [7, 11) is 0. The van der Waals surface area contributed by atoms with Crippen molar-refractivity contribution in [3.05, 3.63) is 36.5 Å². The lowest BCUT2D eigenvalue weighted by molar-refractivity contribution is 0.192. The lowest BCUT2D eigenvalue weighted by Gasteiger charge is -2.35. The molecule has 134 valence electrons. The number of aryl methyl sites for hydroxylation is 1. The van der Waals surface area contributed by atoms with E-state index in [0.29, 0.717) is 25.6 Å². The molecule has 1 atom stereocenters. The molecule has 3 rings (SSSR count). The molecule has 3 heterocycles. The molecule has 1 unspecified atom stereocenters. The lowest BCUT2D eigenvalue weighted by atomic mass is 10.2. The van der Waals surface area contributed by atoms with E-state index in [1.165, 1.54) is 0 Å². The van der Waals surface area contributed by atoms with Crippen molar-refractivity contribution in [2.24, 2.45) is 5.92 Å². The summed E-state index contributed by atoms with van der Waals surface area (Å²) in [6.45, 7) is 8.40. The van der Waals surface area contributed by atoms with Crippen LogP contribution in [0.25, 0.3) is 0 Å². The third kappa shape index (κ3) is 4.68. The Bertz CT molecular complexity index is 680. The Morgan fingerprint density at radius 2 is 2.08 bits per heavy atom. The van der Waals surface area contributed by atoms with E-state index in [4.69, 9.17) is 0 Å². The monoisotopic (exact) mass is 343 g/mol.